The van der Waals surface area contributed by atoms with Gasteiger partial charge in [0, 0.05) is 25.6 Å². The maximum Gasteiger partial charge on any atom is 0.231 e. The van der Waals surface area contributed by atoms with E-state index < -0.39 is 0 Å². The molecule has 2 N–H and O–H groups in total. The zero-order valence-electron chi connectivity index (χ0n) is 14.8. The third kappa shape index (κ3) is 4.37. The van der Waals surface area contributed by atoms with Gasteiger partial charge in [-0.15, -0.1) is 0 Å². The highest BCUT2D eigenvalue weighted by molar-refractivity contribution is 5.92. The van der Waals surface area contributed by atoms with Crippen molar-refractivity contribution in [2.75, 3.05) is 32.9 Å². The van der Waals surface area contributed by atoms with E-state index in [1.165, 1.54) is 0 Å². The quantitative estimate of drug-likeness (QED) is 0.706. The fourth-order valence-corrected chi connectivity index (χ4v) is 2.61. The molecular formula is C19H22N2O5. The molecule has 0 aliphatic carbocycles. The summed E-state index contributed by atoms with van der Waals surface area (Å²) in [6, 6.07) is 11.1. The Kier molecular flexibility index (Phi) is 5.80. The highest BCUT2D eigenvalue weighted by Gasteiger charge is 2.13. The average Bonchev–Trinajstić information content (AvgIpc) is 3.13. The van der Waals surface area contributed by atoms with E-state index in [4.69, 9.17) is 18.9 Å². The minimum Gasteiger partial charge on any atom is -0.497 e. The number of carbonyl (C=O) groups excluding carboxylic acids is 1. The minimum absolute atomic E-state index is 0.102. The zero-order chi connectivity index (χ0) is 18.4. The van der Waals surface area contributed by atoms with E-state index in [9.17, 15) is 4.79 Å². The second-order valence-electron chi connectivity index (χ2n) is 5.73. The van der Waals surface area contributed by atoms with E-state index in [0.29, 0.717) is 36.7 Å². The molecule has 138 valence electrons. The molecule has 2 aromatic carbocycles. The lowest BCUT2D eigenvalue weighted by Crippen LogP contribution is -2.21. The summed E-state index contributed by atoms with van der Waals surface area (Å²) in [5.74, 6) is 2.66. The van der Waals surface area contributed by atoms with Crippen molar-refractivity contribution in [3.05, 3.63) is 42.0 Å². The number of amides is 1. The third-order valence-corrected chi connectivity index (χ3v) is 3.98. The van der Waals surface area contributed by atoms with Gasteiger partial charge in [0.25, 0.3) is 0 Å². The molecule has 7 nitrogen and oxygen atoms in total. The lowest BCUT2D eigenvalue weighted by Gasteiger charge is -2.12. The number of benzene rings is 2. The molecule has 1 aliphatic heterocycles. The van der Waals surface area contributed by atoms with Crippen LogP contribution in [-0.4, -0.2) is 33.5 Å². The van der Waals surface area contributed by atoms with Crippen LogP contribution < -0.4 is 29.6 Å². The van der Waals surface area contributed by atoms with E-state index in [2.05, 4.69) is 10.6 Å². The Morgan fingerprint density at radius 1 is 1.08 bits per heavy atom. The van der Waals surface area contributed by atoms with Crippen LogP contribution in [0, 0.1) is 0 Å². The van der Waals surface area contributed by atoms with Crippen LogP contribution in [0.4, 0.5) is 5.69 Å². The van der Waals surface area contributed by atoms with Crippen molar-refractivity contribution < 1.29 is 23.7 Å². The largest absolute Gasteiger partial charge is 0.497 e. The molecule has 2 aromatic rings. The monoisotopic (exact) mass is 358 g/mol. The van der Waals surface area contributed by atoms with Crippen LogP contribution in [0.1, 0.15) is 12.0 Å². The molecule has 0 atom stereocenters. The smallest absolute Gasteiger partial charge is 0.231 e. The molecule has 26 heavy (non-hydrogen) atoms. The first-order valence-corrected chi connectivity index (χ1v) is 8.30. The van der Waals surface area contributed by atoms with E-state index in [1.807, 2.05) is 18.2 Å². The second-order valence-corrected chi connectivity index (χ2v) is 5.73. The van der Waals surface area contributed by atoms with Gasteiger partial charge in [-0.05, 0) is 29.8 Å². The van der Waals surface area contributed by atoms with Crippen molar-refractivity contribution in [1.29, 1.82) is 0 Å². The molecule has 7 heteroatoms. The van der Waals surface area contributed by atoms with Crippen molar-refractivity contribution >= 4 is 11.6 Å². The number of fused-ring (bicyclic) bond motifs is 1. The first-order chi connectivity index (χ1) is 12.7. The molecule has 0 fully saturated rings. The fourth-order valence-electron chi connectivity index (χ4n) is 2.61. The van der Waals surface area contributed by atoms with Gasteiger partial charge in [0.15, 0.2) is 11.5 Å². The number of hydrogen-bond acceptors (Lipinski definition) is 6. The molecule has 0 unspecified atom stereocenters. The van der Waals surface area contributed by atoms with Gasteiger partial charge in [-0.2, -0.15) is 0 Å². The van der Waals surface area contributed by atoms with Crippen LogP contribution in [0.3, 0.4) is 0 Å². The Hall–Kier alpha value is -2.93. The molecule has 1 heterocycles. The SMILES string of the molecule is COc1ccc(OC)c(NC(=O)CCNCc2ccc3c(c2)OCO3)c1. The second kappa shape index (κ2) is 8.44. The summed E-state index contributed by atoms with van der Waals surface area (Å²) in [6.07, 6.45) is 0.338. The predicted molar refractivity (Wildman–Crippen MR) is 97.1 cm³/mol. The molecule has 1 amide bonds. The van der Waals surface area contributed by atoms with E-state index in [0.717, 1.165) is 17.1 Å². The summed E-state index contributed by atoms with van der Waals surface area (Å²) < 4.78 is 21.1. The molecule has 1 aliphatic rings. The Bertz CT molecular complexity index is 779. The summed E-state index contributed by atoms with van der Waals surface area (Å²) >= 11 is 0. The fraction of sp³-hybridized carbons (Fsp3) is 0.316. The lowest BCUT2D eigenvalue weighted by molar-refractivity contribution is -0.116. The maximum atomic E-state index is 12.2. The van der Waals surface area contributed by atoms with Crippen molar-refractivity contribution in [3.8, 4) is 23.0 Å². The molecular weight excluding hydrogens is 336 g/mol. The van der Waals surface area contributed by atoms with E-state index in [-0.39, 0.29) is 12.7 Å². The summed E-state index contributed by atoms with van der Waals surface area (Å²) in [7, 11) is 3.14. The molecule has 0 radical (unpaired) electrons. The molecule has 3 rings (SSSR count). The first kappa shape index (κ1) is 17.9. The van der Waals surface area contributed by atoms with Crippen LogP contribution in [0.25, 0.3) is 0 Å². The van der Waals surface area contributed by atoms with Gasteiger partial charge < -0.3 is 29.6 Å². The highest BCUT2D eigenvalue weighted by atomic mass is 16.7. The van der Waals surface area contributed by atoms with Gasteiger partial charge in [0.1, 0.15) is 11.5 Å². The number of anilines is 1. The molecule has 0 saturated carbocycles. The van der Waals surface area contributed by atoms with Crippen LogP contribution in [0.15, 0.2) is 36.4 Å². The maximum absolute atomic E-state index is 12.2. The van der Waals surface area contributed by atoms with Crippen LogP contribution in [-0.2, 0) is 11.3 Å². The van der Waals surface area contributed by atoms with Crippen LogP contribution >= 0.6 is 0 Å². The number of nitrogens with one attached hydrogen (secondary N) is 2. The van der Waals surface area contributed by atoms with Crippen molar-refractivity contribution in [2.24, 2.45) is 0 Å². The number of methoxy groups -OCH3 is 2. The lowest BCUT2D eigenvalue weighted by atomic mass is 10.2. The Labute approximate surface area is 152 Å². The van der Waals surface area contributed by atoms with Crippen molar-refractivity contribution in [3.63, 3.8) is 0 Å². The molecule has 0 saturated heterocycles. The first-order valence-electron chi connectivity index (χ1n) is 8.30. The Balaban J connectivity index is 1.46. The van der Waals surface area contributed by atoms with E-state index in [1.54, 1.807) is 32.4 Å². The topological polar surface area (TPSA) is 78.1 Å². The number of rotatable bonds is 8. The number of hydrogen-bond donors (Lipinski definition) is 2. The van der Waals surface area contributed by atoms with Crippen molar-refractivity contribution in [2.45, 2.75) is 13.0 Å². The number of carbonyl (C=O) groups is 1. The summed E-state index contributed by atoms with van der Waals surface area (Å²) in [4.78, 5) is 12.2. The van der Waals surface area contributed by atoms with Gasteiger partial charge in [-0.25, -0.2) is 0 Å². The summed E-state index contributed by atoms with van der Waals surface area (Å²) in [5.41, 5.74) is 1.66. The van der Waals surface area contributed by atoms with Gasteiger partial charge in [0.05, 0.1) is 19.9 Å². The average molecular weight is 358 g/mol. The Morgan fingerprint density at radius 2 is 1.92 bits per heavy atom. The number of ether oxygens (including phenoxy) is 4. The predicted octanol–water partition coefficient (Wildman–Crippen LogP) is 2.55. The van der Waals surface area contributed by atoms with E-state index >= 15 is 0 Å². The van der Waals surface area contributed by atoms with Crippen molar-refractivity contribution in [1.82, 2.24) is 5.32 Å². The zero-order valence-corrected chi connectivity index (χ0v) is 14.8. The summed E-state index contributed by atoms with van der Waals surface area (Å²) in [5, 5.41) is 6.10. The Morgan fingerprint density at radius 3 is 2.73 bits per heavy atom. The highest BCUT2D eigenvalue weighted by Crippen LogP contribution is 2.32. The normalized spacial score (nSPS) is 11.9. The van der Waals surface area contributed by atoms with Crippen LogP contribution in [0.2, 0.25) is 0 Å². The molecule has 0 bridgehead atoms. The molecule has 0 spiro atoms. The summed E-state index contributed by atoms with van der Waals surface area (Å²) in [6.45, 7) is 1.46. The van der Waals surface area contributed by atoms with Gasteiger partial charge in [-0.3, -0.25) is 4.79 Å². The minimum atomic E-state index is -0.102. The van der Waals surface area contributed by atoms with Gasteiger partial charge in [0.2, 0.25) is 12.7 Å². The van der Waals surface area contributed by atoms with Crippen LogP contribution in [0.5, 0.6) is 23.0 Å². The molecule has 0 aromatic heterocycles. The van der Waals surface area contributed by atoms with Gasteiger partial charge >= 0.3 is 0 Å². The van der Waals surface area contributed by atoms with Gasteiger partial charge in [-0.1, -0.05) is 6.07 Å². The third-order valence-electron chi connectivity index (χ3n) is 3.98. The standard InChI is InChI=1S/C19H22N2O5/c1-23-14-4-6-16(24-2)15(10-14)21-19(22)7-8-20-11-13-3-5-17-18(9-13)26-12-25-17/h3-6,9-10,20H,7-8,11-12H2,1-2H3,(H,21,22).